The van der Waals surface area contributed by atoms with E-state index >= 15 is 0 Å². The van der Waals surface area contributed by atoms with Crippen LogP contribution in [0.1, 0.15) is 19.3 Å². The van der Waals surface area contributed by atoms with Gasteiger partial charge in [-0.15, -0.1) is 0 Å². The predicted octanol–water partition coefficient (Wildman–Crippen LogP) is 3.32. The number of benzene rings is 1. The third-order valence-electron chi connectivity index (χ3n) is 4.40. The maximum absolute atomic E-state index is 12.4. The molecule has 23 heavy (non-hydrogen) atoms. The molecule has 1 aromatic carbocycles. The van der Waals surface area contributed by atoms with Crippen molar-refractivity contribution in [3.05, 3.63) is 28.2 Å². The number of nitrogens with zero attached hydrogens (tertiary/aromatic N) is 2. The average Bonchev–Trinajstić information content (AvgIpc) is 3.34. The highest BCUT2D eigenvalue weighted by atomic mass is 35.5. The molecule has 0 bridgehead atoms. The van der Waals surface area contributed by atoms with Gasteiger partial charge in [0.05, 0.1) is 5.02 Å². The first-order chi connectivity index (χ1) is 11.1. The fraction of sp³-hybridized carbons (Fsp3) is 0.588. The molecular weight excluding hydrogens is 335 g/mol. The Morgan fingerprint density at radius 1 is 1.17 bits per heavy atom. The second kappa shape index (κ2) is 7.73. The second-order valence-corrected chi connectivity index (χ2v) is 7.19. The topological polar surface area (TPSA) is 32.8 Å². The second-order valence-electron chi connectivity index (χ2n) is 6.34. The van der Waals surface area contributed by atoms with E-state index in [4.69, 9.17) is 27.9 Å². The molecule has 6 heteroatoms. The highest BCUT2D eigenvalue weighted by molar-refractivity contribution is 6.35. The quantitative estimate of drug-likeness (QED) is 0.811. The standard InChI is InChI=1S/C17H22Cl2N2O2/c18-14-4-5-16(15(19)10-14)23-12-17(22)21-7-1-6-20(8-9-21)11-13-2-3-13/h4-5,10,13H,1-3,6-9,11-12H2. The van der Waals surface area contributed by atoms with Crippen LogP contribution < -0.4 is 4.74 Å². The zero-order chi connectivity index (χ0) is 16.2. The summed E-state index contributed by atoms with van der Waals surface area (Å²) in [6.07, 6.45) is 3.77. The lowest BCUT2D eigenvalue weighted by molar-refractivity contribution is -0.133. The summed E-state index contributed by atoms with van der Waals surface area (Å²) in [4.78, 5) is 16.7. The molecule has 1 aliphatic heterocycles. The van der Waals surface area contributed by atoms with Crippen LogP contribution >= 0.6 is 23.2 Å². The van der Waals surface area contributed by atoms with Crippen LogP contribution in [0.3, 0.4) is 0 Å². The van der Waals surface area contributed by atoms with Crippen molar-refractivity contribution in [2.45, 2.75) is 19.3 Å². The summed E-state index contributed by atoms with van der Waals surface area (Å²) in [5, 5.41) is 0.980. The lowest BCUT2D eigenvalue weighted by Crippen LogP contribution is -2.38. The highest BCUT2D eigenvalue weighted by Gasteiger charge is 2.26. The van der Waals surface area contributed by atoms with Gasteiger partial charge in [0.1, 0.15) is 5.75 Å². The van der Waals surface area contributed by atoms with Crippen molar-refractivity contribution < 1.29 is 9.53 Å². The molecule has 1 saturated heterocycles. The molecule has 2 aliphatic rings. The summed E-state index contributed by atoms with van der Waals surface area (Å²) in [7, 11) is 0. The SMILES string of the molecule is O=C(COc1ccc(Cl)cc1Cl)N1CCCN(CC2CC2)CC1. The van der Waals surface area contributed by atoms with E-state index in [2.05, 4.69) is 4.90 Å². The smallest absolute Gasteiger partial charge is 0.260 e. The summed E-state index contributed by atoms with van der Waals surface area (Å²) in [6, 6.07) is 5.01. The largest absolute Gasteiger partial charge is 0.482 e. The molecule has 1 amide bonds. The van der Waals surface area contributed by atoms with Crippen molar-refractivity contribution in [3.8, 4) is 5.75 Å². The van der Waals surface area contributed by atoms with Crippen LogP contribution in [0.15, 0.2) is 18.2 Å². The van der Waals surface area contributed by atoms with Gasteiger partial charge in [-0.05, 0) is 49.9 Å². The number of halogens is 2. The van der Waals surface area contributed by atoms with E-state index < -0.39 is 0 Å². The van der Waals surface area contributed by atoms with E-state index in [1.54, 1.807) is 18.2 Å². The van der Waals surface area contributed by atoms with Crippen molar-refractivity contribution in [1.82, 2.24) is 9.80 Å². The molecule has 0 atom stereocenters. The molecule has 0 radical (unpaired) electrons. The molecule has 0 aromatic heterocycles. The summed E-state index contributed by atoms with van der Waals surface area (Å²) in [5.41, 5.74) is 0. The third-order valence-corrected chi connectivity index (χ3v) is 4.93. The van der Waals surface area contributed by atoms with Gasteiger partial charge in [0, 0.05) is 31.2 Å². The van der Waals surface area contributed by atoms with Gasteiger partial charge in [0.15, 0.2) is 6.61 Å². The maximum atomic E-state index is 12.4. The molecule has 1 aliphatic carbocycles. The zero-order valence-electron chi connectivity index (χ0n) is 13.1. The first kappa shape index (κ1) is 16.9. The van der Waals surface area contributed by atoms with Crippen LogP contribution in [0, 0.1) is 5.92 Å². The van der Waals surface area contributed by atoms with Crippen LogP contribution in [0.5, 0.6) is 5.75 Å². The molecule has 4 nitrogen and oxygen atoms in total. The number of ether oxygens (including phenoxy) is 1. The monoisotopic (exact) mass is 356 g/mol. The zero-order valence-corrected chi connectivity index (χ0v) is 14.7. The van der Waals surface area contributed by atoms with Crippen molar-refractivity contribution >= 4 is 29.1 Å². The van der Waals surface area contributed by atoms with E-state index in [1.165, 1.54) is 19.4 Å². The molecule has 0 N–H and O–H groups in total. The number of rotatable bonds is 5. The Labute approximate surface area is 147 Å². The fourth-order valence-corrected chi connectivity index (χ4v) is 3.35. The molecular formula is C17H22Cl2N2O2. The van der Waals surface area contributed by atoms with Gasteiger partial charge in [-0.1, -0.05) is 23.2 Å². The molecule has 1 heterocycles. The summed E-state index contributed by atoms with van der Waals surface area (Å²) >= 11 is 11.9. The minimum atomic E-state index is 0.0178. The minimum absolute atomic E-state index is 0.0178. The van der Waals surface area contributed by atoms with Gasteiger partial charge in [0.25, 0.3) is 5.91 Å². The average molecular weight is 357 g/mol. The van der Waals surface area contributed by atoms with Crippen molar-refractivity contribution in [3.63, 3.8) is 0 Å². The number of hydrogen-bond acceptors (Lipinski definition) is 3. The summed E-state index contributed by atoms with van der Waals surface area (Å²) in [5.74, 6) is 1.41. The van der Waals surface area contributed by atoms with Crippen LogP contribution in [0.2, 0.25) is 10.0 Å². The van der Waals surface area contributed by atoms with Gasteiger partial charge in [-0.25, -0.2) is 0 Å². The Bertz CT molecular complexity index is 564. The first-order valence-electron chi connectivity index (χ1n) is 8.20. The first-order valence-corrected chi connectivity index (χ1v) is 8.95. The normalized spacial score (nSPS) is 19.5. The van der Waals surface area contributed by atoms with Crippen molar-refractivity contribution in [2.75, 3.05) is 39.3 Å². The van der Waals surface area contributed by atoms with E-state index in [0.717, 1.165) is 38.5 Å². The van der Waals surface area contributed by atoms with Crippen LogP contribution in [-0.2, 0) is 4.79 Å². The molecule has 1 aromatic rings. The summed E-state index contributed by atoms with van der Waals surface area (Å²) in [6.45, 7) is 4.85. The lowest BCUT2D eigenvalue weighted by atomic mass is 10.3. The maximum Gasteiger partial charge on any atom is 0.260 e. The Morgan fingerprint density at radius 3 is 2.74 bits per heavy atom. The van der Waals surface area contributed by atoms with E-state index in [0.29, 0.717) is 15.8 Å². The van der Waals surface area contributed by atoms with Gasteiger partial charge in [-0.2, -0.15) is 0 Å². The third kappa shape index (κ3) is 5.00. The highest BCUT2D eigenvalue weighted by Crippen LogP contribution is 2.30. The molecule has 126 valence electrons. The van der Waals surface area contributed by atoms with Gasteiger partial charge in [0.2, 0.25) is 0 Å². The van der Waals surface area contributed by atoms with E-state index in [1.807, 2.05) is 4.90 Å². The number of amides is 1. The van der Waals surface area contributed by atoms with Gasteiger partial charge >= 0.3 is 0 Å². The van der Waals surface area contributed by atoms with Crippen molar-refractivity contribution in [2.24, 2.45) is 5.92 Å². The Hall–Kier alpha value is -0.970. The van der Waals surface area contributed by atoms with Crippen LogP contribution in [0.4, 0.5) is 0 Å². The summed E-state index contributed by atoms with van der Waals surface area (Å²) < 4.78 is 5.55. The van der Waals surface area contributed by atoms with E-state index in [-0.39, 0.29) is 12.5 Å². The Morgan fingerprint density at radius 2 is 2.00 bits per heavy atom. The lowest BCUT2D eigenvalue weighted by Gasteiger charge is -2.22. The van der Waals surface area contributed by atoms with Crippen molar-refractivity contribution in [1.29, 1.82) is 0 Å². The molecule has 3 rings (SSSR count). The number of carbonyl (C=O) groups is 1. The van der Waals surface area contributed by atoms with Gasteiger partial charge in [-0.3, -0.25) is 4.79 Å². The number of hydrogen-bond donors (Lipinski definition) is 0. The van der Waals surface area contributed by atoms with Crippen LogP contribution in [0.25, 0.3) is 0 Å². The molecule has 2 fully saturated rings. The number of carbonyl (C=O) groups excluding carboxylic acids is 1. The fourth-order valence-electron chi connectivity index (χ4n) is 2.89. The predicted molar refractivity (Wildman–Crippen MR) is 92.3 cm³/mol. The Balaban J connectivity index is 1.47. The van der Waals surface area contributed by atoms with Gasteiger partial charge < -0.3 is 14.5 Å². The molecule has 1 saturated carbocycles. The molecule has 0 spiro atoms. The van der Waals surface area contributed by atoms with Crippen LogP contribution in [-0.4, -0.2) is 55.0 Å². The minimum Gasteiger partial charge on any atom is -0.482 e. The van der Waals surface area contributed by atoms with E-state index in [9.17, 15) is 4.79 Å². The molecule has 0 unspecified atom stereocenters. The Kier molecular flexibility index (Phi) is 5.67.